The van der Waals surface area contributed by atoms with Gasteiger partial charge in [-0.05, 0) is 12.5 Å². The highest BCUT2D eigenvalue weighted by Gasteiger charge is 2.34. The Hall–Kier alpha value is -2.03. The maximum atomic E-state index is 11.9. The van der Waals surface area contributed by atoms with Crippen molar-refractivity contribution in [1.82, 2.24) is 0 Å². The molecule has 0 saturated carbocycles. The summed E-state index contributed by atoms with van der Waals surface area (Å²) in [5, 5.41) is 1.94. The minimum Gasteiger partial charge on any atom is -0.493 e. The summed E-state index contributed by atoms with van der Waals surface area (Å²) in [6, 6.07) is 10.0. The fourth-order valence-corrected chi connectivity index (χ4v) is 2.89. The summed E-state index contributed by atoms with van der Waals surface area (Å²) in [5.74, 6) is 1.37. The number of esters is 1. The molecule has 110 valence electrons. The lowest BCUT2D eigenvalue weighted by molar-refractivity contribution is -0.136. The molecule has 0 bridgehead atoms. The summed E-state index contributed by atoms with van der Waals surface area (Å²) >= 11 is 0. The molecule has 0 radical (unpaired) electrons. The van der Waals surface area contributed by atoms with Crippen molar-refractivity contribution in [2.45, 2.75) is 39.0 Å². The summed E-state index contributed by atoms with van der Waals surface area (Å²) < 4.78 is 11.3. The number of hydrogen-bond acceptors (Lipinski definition) is 3. The van der Waals surface area contributed by atoms with Crippen molar-refractivity contribution in [3.8, 4) is 11.5 Å². The van der Waals surface area contributed by atoms with Crippen LogP contribution in [0.15, 0.2) is 30.3 Å². The Morgan fingerprint density at radius 2 is 2.00 bits per heavy atom. The predicted octanol–water partition coefficient (Wildman–Crippen LogP) is 4.22. The molecule has 0 saturated heterocycles. The fourth-order valence-electron chi connectivity index (χ4n) is 2.89. The highest BCUT2D eigenvalue weighted by molar-refractivity contribution is 5.97. The third-order valence-electron chi connectivity index (χ3n) is 3.97. The molecule has 1 heterocycles. The average Bonchev–Trinajstić information content (AvgIpc) is 2.43. The van der Waals surface area contributed by atoms with Crippen LogP contribution in [0.4, 0.5) is 0 Å². The first-order valence-corrected chi connectivity index (χ1v) is 7.42. The van der Waals surface area contributed by atoms with Crippen LogP contribution in [0, 0.1) is 0 Å². The van der Waals surface area contributed by atoms with Crippen LogP contribution < -0.4 is 9.47 Å². The maximum Gasteiger partial charge on any atom is 0.312 e. The molecule has 0 N–H and O–H groups in total. The molecule has 2 aromatic carbocycles. The second-order valence-electron chi connectivity index (χ2n) is 6.18. The zero-order chi connectivity index (χ0) is 15.0. The van der Waals surface area contributed by atoms with Crippen LogP contribution in [0.1, 0.15) is 39.2 Å². The highest BCUT2D eigenvalue weighted by atomic mass is 16.5. The topological polar surface area (TPSA) is 35.5 Å². The van der Waals surface area contributed by atoms with Gasteiger partial charge in [-0.15, -0.1) is 0 Å². The SMILES string of the molecule is CCCOc1cccc2c3c(ccc12)C(C)(C)CC(=O)O3. The number of hydrogen-bond donors (Lipinski definition) is 0. The smallest absolute Gasteiger partial charge is 0.312 e. The van der Waals surface area contributed by atoms with E-state index in [1.807, 2.05) is 18.2 Å². The Labute approximate surface area is 124 Å². The van der Waals surface area contributed by atoms with E-state index in [1.165, 1.54) is 0 Å². The Bertz CT molecular complexity index is 701. The number of carbonyl (C=O) groups excluding carboxylic acids is 1. The van der Waals surface area contributed by atoms with Gasteiger partial charge in [0.15, 0.2) is 0 Å². The van der Waals surface area contributed by atoms with E-state index in [4.69, 9.17) is 9.47 Å². The van der Waals surface area contributed by atoms with Gasteiger partial charge in [0.25, 0.3) is 0 Å². The molecule has 0 aliphatic carbocycles. The lowest BCUT2D eigenvalue weighted by Gasteiger charge is -2.31. The van der Waals surface area contributed by atoms with E-state index in [1.54, 1.807) is 0 Å². The highest BCUT2D eigenvalue weighted by Crippen LogP contribution is 2.44. The molecule has 0 spiro atoms. The van der Waals surface area contributed by atoms with E-state index in [2.05, 4.69) is 32.9 Å². The summed E-state index contributed by atoms with van der Waals surface area (Å²) in [7, 11) is 0. The molecule has 1 aliphatic heterocycles. The van der Waals surface area contributed by atoms with Gasteiger partial charge < -0.3 is 9.47 Å². The van der Waals surface area contributed by atoms with Gasteiger partial charge in [-0.3, -0.25) is 4.79 Å². The van der Waals surface area contributed by atoms with E-state index >= 15 is 0 Å². The van der Waals surface area contributed by atoms with Crippen molar-refractivity contribution in [3.63, 3.8) is 0 Å². The standard InChI is InChI=1S/C18H20O3/c1-4-10-20-15-7-5-6-13-12(15)8-9-14-17(13)21-16(19)11-18(14,2)3/h5-9H,4,10-11H2,1-3H3. The van der Waals surface area contributed by atoms with Crippen LogP contribution in [-0.4, -0.2) is 12.6 Å². The second kappa shape index (κ2) is 5.06. The summed E-state index contributed by atoms with van der Waals surface area (Å²) in [5.41, 5.74) is 0.890. The molecular formula is C18H20O3. The number of rotatable bonds is 3. The number of benzene rings is 2. The third-order valence-corrected chi connectivity index (χ3v) is 3.97. The average molecular weight is 284 g/mol. The second-order valence-corrected chi connectivity index (χ2v) is 6.18. The predicted molar refractivity (Wildman–Crippen MR) is 83.0 cm³/mol. The van der Waals surface area contributed by atoms with Crippen molar-refractivity contribution in [2.24, 2.45) is 0 Å². The van der Waals surface area contributed by atoms with Crippen molar-refractivity contribution in [3.05, 3.63) is 35.9 Å². The fraction of sp³-hybridized carbons (Fsp3) is 0.389. The molecule has 1 aliphatic rings. The van der Waals surface area contributed by atoms with Gasteiger partial charge in [0.05, 0.1) is 13.0 Å². The lowest BCUT2D eigenvalue weighted by atomic mass is 9.78. The molecule has 3 nitrogen and oxygen atoms in total. The van der Waals surface area contributed by atoms with E-state index in [-0.39, 0.29) is 11.4 Å². The normalized spacial score (nSPS) is 16.4. The zero-order valence-electron chi connectivity index (χ0n) is 12.7. The molecule has 0 fully saturated rings. The summed E-state index contributed by atoms with van der Waals surface area (Å²) in [6.07, 6.45) is 1.38. The van der Waals surface area contributed by atoms with E-state index in [9.17, 15) is 4.79 Å². The van der Waals surface area contributed by atoms with Gasteiger partial charge in [-0.2, -0.15) is 0 Å². The lowest BCUT2D eigenvalue weighted by Crippen LogP contribution is -2.30. The van der Waals surface area contributed by atoms with Crippen LogP contribution in [0.25, 0.3) is 10.8 Å². The van der Waals surface area contributed by atoms with Gasteiger partial charge in [0, 0.05) is 21.8 Å². The molecule has 21 heavy (non-hydrogen) atoms. The molecule has 0 atom stereocenters. The first kappa shape index (κ1) is 13.9. The van der Waals surface area contributed by atoms with Gasteiger partial charge >= 0.3 is 5.97 Å². The quantitative estimate of drug-likeness (QED) is 0.625. The van der Waals surface area contributed by atoms with E-state index in [0.717, 1.165) is 28.5 Å². The molecule has 0 amide bonds. The Kier molecular flexibility index (Phi) is 3.36. The number of ether oxygens (including phenoxy) is 2. The third kappa shape index (κ3) is 2.37. The van der Waals surface area contributed by atoms with Crippen molar-refractivity contribution in [2.75, 3.05) is 6.61 Å². The van der Waals surface area contributed by atoms with Crippen molar-refractivity contribution in [1.29, 1.82) is 0 Å². The van der Waals surface area contributed by atoms with Crippen LogP contribution >= 0.6 is 0 Å². The summed E-state index contributed by atoms with van der Waals surface area (Å²) in [4.78, 5) is 11.9. The molecule has 0 unspecified atom stereocenters. The maximum absolute atomic E-state index is 11.9. The molecule has 3 heteroatoms. The van der Waals surface area contributed by atoms with Crippen LogP contribution in [0.2, 0.25) is 0 Å². The van der Waals surface area contributed by atoms with Crippen molar-refractivity contribution < 1.29 is 14.3 Å². The minimum atomic E-state index is -0.195. The zero-order valence-corrected chi connectivity index (χ0v) is 12.7. The van der Waals surface area contributed by atoms with E-state index in [0.29, 0.717) is 18.8 Å². The van der Waals surface area contributed by atoms with Gasteiger partial charge in [-0.25, -0.2) is 0 Å². The first-order valence-electron chi connectivity index (χ1n) is 7.42. The van der Waals surface area contributed by atoms with Gasteiger partial charge in [0.2, 0.25) is 0 Å². The Balaban J connectivity index is 2.20. The largest absolute Gasteiger partial charge is 0.493 e. The first-order chi connectivity index (χ1) is 10.0. The van der Waals surface area contributed by atoms with Crippen molar-refractivity contribution >= 4 is 16.7 Å². The number of fused-ring (bicyclic) bond motifs is 3. The molecule has 2 aromatic rings. The molecular weight excluding hydrogens is 264 g/mol. The van der Waals surface area contributed by atoms with Crippen LogP contribution in [0.3, 0.4) is 0 Å². The molecule has 0 aromatic heterocycles. The van der Waals surface area contributed by atoms with Crippen LogP contribution in [0.5, 0.6) is 11.5 Å². The Morgan fingerprint density at radius 1 is 1.19 bits per heavy atom. The summed E-state index contributed by atoms with van der Waals surface area (Å²) in [6.45, 7) is 6.92. The molecule has 3 rings (SSSR count). The van der Waals surface area contributed by atoms with Crippen LogP contribution in [-0.2, 0) is 10.2 Å². The van der Waals surface area contributed by atoms with Gasteiger partial charge in [0.1, 0.15) is 11.5 Å². The minimum absolute atomic E-state index is 0.167. The monoisotopic (exact) mass is 284 g/mol. The Morgan fingerprint density at radius 3 is 2.76 bits per heavy atom. The van der Waals surface area contributed by atoms with E-state index < -0.39 is 0 Å². The number of carbonyl (C=O) groups is 1. The van der Waals surface area contributed by atoms with Gasteiger partial charge in [-0.1, -0.05) is 45.0 Å².